The van der Waals surface area contributed by atoms with Gasteiger partial charge in [0.2, 0.25) is 6.10 Å². The Morgan fingerprint density at radius 3 is 2.25 bits per heavy atom. The van der Waals surface area contributed by atoms with Crippen LogP contribution in [0.2, 0.25) is 0 Å². The summed E-state index contributed by atoms with van der Waals surface area (Å²) in [6.45, 7) is 3.91. The van der Waals surface area contributed by atoms with Gasteiger partial charge in [-0.15, -0.1) is 0 Å². The number of halogens is 3. The van der Waals surface area contributed by atoms with Crippen molar-refractivity contribution in [2.45, 2.75) is 45.0 Å². The fraction of sp³-hybridized carbons (Fsp3) is 0.571. The van der Waals surface area contributed by atoms with E-state index in [0.29, 0.717) is 12.4 Å². The summed E-state index contributed by atoms with van der Waals surface area (Å²) >= 11 is 0. The number of alkyl halides is 3. The third-order valence-corrected chi connectivity index (χ3v) is 2.75. The van der Waals surface area contributed by atoms with Gasteiger partial charge in [0.05, 0.1) is 12.6 Å². The minimum Gasteiger partial charge on any atom is -0.490 e. The van der Waals surface area contributed by atoms with Crippen LogP contribution in [0.4, 0.5) is 13.2 Å². The minimum atomic E-state index is -4.52. The largest absolute Gasteiger partial charge is 0.490 e. The zero-order chi connectivity index (χ0) is 15.2. The second kappa shape index (κ2) is 7.38. The van der Waals surface area contributed by atoms with Crippen LogP contribution in [0.3, 0.4) is 0 Å². The number of nitrogens with two attached hydrogens (primary N) is 1. The molecule has 114 valence electrons. The normalized spacial score (nSPS) is 14.7. The van der Waals surface area contributed by atoms with E-state index in [1.807, 2.05) is 6.92 Å². The van der Waals surface area contributed by atoms with E-state index in [4.69, 9.17) is 15.2 Å². The Morgan fingerprint density at radius 2 is 1.75 bits per heavy atom. The molecular formula is C14H20F3NO2. The van der Waals surface area contributed by atoms with Crippen LogP contribution in [0.5, 0.6) is 11.5 Å². The number of ether oxygens (including phenoxy) is 2. The third kappa shape index (κ3) is 4.59. The molecule has 0 amide bonds. The average molecular weight is 291 g/mol. The monoisotopic (exact) mass is 291 g/mol. The van der Waals surface area contributed by atoms with Gasteiger partial charge in [0.15, 0.2) is 11.5 Å². The van der Waals surface area contributed by atoms with Gasteiger partial charge in [-0.2, -0.15) is 13.2 Å². The molecule has 2 atom stereocenters. The van der Waals surface area contributed by atoms with Gasteiger partial charge in [-0.05, 0) is 25.0 Å². The van der Waals surface area contributed by atoms with Crippen LogP contribution in [0.15, 0.2) is 24.3 Å². The molecular weight excluding hydrogens is 271 g/mol. The van der Waals surface area contributed by atoms with E-state index in [1.165, 1.54) is 6.07 Å². The molecule has 0 heterocycles. The number of hydrogen-bond acceptors (Lipinski definition) is 3. The van der Waals surface area contributed by atoms with Gasteiger partial charge in [0.1, 0.15) is 0 Å². The van der Waals surface area contributed by atoms with E-state index < -0.39 is 18.3 Å². The molecule has 0 aromatic heterocycles. The maximum absolute atomic E-state index is 13.0. The van der Waals surface area contributed by atoms with Crippen molar-refractivity contribution in [2.75, 3.05) is 6.61 Å². The molecule has 20 heavy (non-hydrogen) atoms. The lowest BCUT2D eigenvalue weighted by atomic mass is 10.1. The van der Waals surface area contributed by atoms with Crippen molar-refractivity contribution in [3.8, 4) is 11.5 Å². The highest BCUT2D eigenvalue weighted by Gasteiger charge is 2.45. The lowest BCUT2D eigenvalue weighted by molar-refractivity contribution is -0.201. The lowest BCUT2D eigenvalue weighted by Crippen LogP contribution is -2.48. The van der Waals surface area contributed by atoms with E-state index in [-0.39, 0.29) is 12.2 Å². The van der Waals surface area contributed by atoms with Gasteiger partial charge in [0, 0.05) is 0 Å². The van der Waals surface area contributed by atoms with E-state index in [2.05, 4.69) is 0 Å². The van der Waals surface area contributed by atoms with E-state index >= 15 is 0 Å². The van der Waals surface area contributed by atoms with Crippen LogP contribution < -0.4 is 15.2 Å². The molecule has 6 heteroatoms. The Bertz CT molecular complexity index is 410. The molecule has 0 aliphatic rings. The van der Waals surface area contributed by atoms with E-state index in [9.17, 15) is 13.2 Å². The average Bonchev–Trinajstić information content (AvgIpc) is 2.41. The van der Waals surface area contributed by atoms with Crippen molar-refractivity contribution >= 4 is 0 Å². The highest BCUT2D eigenvalue weighted by molar-refractivity contribution is 5.39. The highest BCUT2D eigenvalue weighted by atomic mass is 19.4. The Hall–Kier alpha value is -1.43. The van der Waals surface area contributed by atoms with Crippen molar-refractivity contribution in [1.29, 1.82) is 0 Å². The first-order valence-corrected chi connectivity index (χ1v) is 6.60. The van der Waals surface area contributed by atoms with Gasteiger partial charge in [-0.3, -0.25) is 0 Å². The molecule has 1 rings (SSSR count). The lowest BCUT2D eigenvalue weighted by Gasteiger charge is -2.27. The van der Waals surface area contributed by atoms with Crippen molar-refractivity contribution in [3.05, 3.63) is 24.3 Å². The van der Waals surface area contributed by atoms with Crippen molar-refractivity contribution in [1.82, 2.24) is 0 Å². The van der Waals surface area contributed by atoms with Crippen molar-refractivity contribution in [3.63, 3.8) is 0 Å². The predicted molar refractivity (Wildman–Crippen MR) is 71.0 cm³/mol. The Labute approximate surface area is 116 Å². The van der Waals surface area contributed by atoms with Crippen molar-refractivity contribution < 1.29 is 22.6 Å². The molecule has 1 aromatic rings. The van der Waals surface area contributed by atoms with Crippen molar-refractivity contribution in [2.24, 2.45) is 5.73 Å². The second-order valence-electron chi connectivity index (χ2n) is 4.45. The quantitative estimate of drug-likeness (QED) is 0.836. The summed E-state index contributed by atoms with van der Waals surface area (Å²) < 4.78 is 49.4. The van der Waals surface area contributed by atoms with Crippen LogP contribution in [0.1, 0.15) is 26.7 Å². The van der Waals surface area contributed by atoms with Gasteiger partial charge >= 0.3 is 6.18 Å². The molecule has 0 bridgehead atoms. The maximum atomic E-state index is 13.0. The number of rotatable bonds is 7. The Balaban J connectivity index is 2.93. The molecule has 0 saturated heterocycles. The fourth-order valence-electron chi connectivity index (χ4n) is 1.63. The molecule has 0 fully saturated rings. The zero-order valence-electron chi connectivity index (χ0n) is 11.6. The Morgan fingerprint density at radius 1 is 1.15 bits per heavy atom. The van der Waals surface area contributed by atoms with Crippen LogP contribution in [-0.2, 0) is 0 Å². The van der Waals surface area contributed by atoms with Crippen LogP contribution in [-0.4, -0.2) is 24.9 Å². The molecule has 0 saturated carbocycles. The predicted octanol–water partition coefficient (Wildman–Crippen LogP) is 3.52. The number of hydrogen-bond donors (Lipinski definition) is 1. The number of para-hydroxylation sites is 2. The third-order valence-electron chi connectivity index (χ3n) is 2.75. The van der Waals surface area contributed by atoms with Crippen LogP contribution >= 0.6 is 0 Å². The first kappa shape index (κ1) is 16.6. The summed E-state index contributed by atoms with van der Waals surface area (Å²) in [6.07, 6.45) is -5.64. The van der Waals surface area contributed by atoms with E-state index in [0.717, 1.165) is 6.42 Å². The van der Waals surface area contributed by atoms with Crippen LogP contribution in [0.25, 0.3) is 0 Å². The summed E-state index contributed by atoms with van der Waals surface area (Å²) in [6, 6.07) is 5.19. The summed E-state index contributed by atoms with van der Waals surface area (Å²) in [5.74, 6) is 0.360. The minimum absolute atomic E-state index is 0.0622. The number of benzene rings is 1. The molecule has 0 radical (unpaired) electrons. The zero-order valence-corrected chi connectivity index (χ0v) is 11.6. The first-order valence-electron chi connectivity index (χ1n) is 6.60. The fourth-order valence-corrected chi connectivity index (χ4v) is 1.63. The SMILES string of the molecule is CCCOc1ccccc1OC(C(N)CC)C(F)(F)F. The highest BCUT2D eigenvalue weighted by Crippen LogP contribution is 2.33. The molecule has 1 aromatic carbocycles. The van der Waals surface area contributed by atoms with E-state index in [1.54, 1.807) is 25.1 Å². The van der Waals surface area contributed by atoms with Gasteiger partial charge < -0.3 is 15.2 Å². The van der Waals surface area contributed by atoms with Gasteiger partial charge in [-0.1, -0.05) is 26.0 Å². The molecule has 0 aliphatic carbocycles. The summed E-state index contributed by atoms with van der Waals surface area (Å²) in [5, 5.41) is 0. The van der Waals surface area contributed by atoms with Gasteiger partial charge in [0.25, 0.3) is 0 Å². The Kier molecular flexibility index (Phi) is 6.13. The second-order valence-corrected chi connectivity index (χ2v) is 4.45. The summed E-state index contributed by atoms with van der Waals surface area (Å²) in [7, 11) is 0. The van der Waals surface area contributed by atoms with Gasteiger partial charge in [-0.25, -0.2) is 0 Å². The standard InChI is InChI=1S/C14H20F3NO2/c1-3-9-19-11-7-5-6-8-12(11)20-13(10(18)4-2)14(15,16)17/h5-8,10,13H,3-4,9,18H2,1-2H3. The molecule has 0 aliphatic heterocycles. The molecule has 2 N–H and O–H groups in total. The first-order chi connectivity index (χ1) is 9.40. The summed E-state index contributed by atoms with van der Waals surface area (Å²) in [4.78, 5) is 0. The molecule has 2 unspecified atom stereocenters. The smallest absolute Gasteiger partial charge is 0.426 e. The molecule has 3 nitrogen and oxygen atoms in total. The molecule has 0 spiro atoms. The summed E-state index contributed by atoms with van der Waals surface area (Å²) in [5.41, 5.74) is 5.52. The van der Waals surface area contributed by atoms with Crippen LogP contribution in [0, 0.1) is 0 Å². The maximum Gasteiger partial charge on any atom is 0.426 e. The topological polar surface area (TPSA) is 44.5 Å².